The lowest BCUT2D eigenvalue weighted by Crippen LogP contribution is -2.43. The number of aliphatic carboxylic acids is 2. The summed E-state index contributed by atoms with van der Waals surface area (Å²) in [5.41, 5.74) is 0. The number of hydrogen-bond acceptors (Lipinski definition) is 3. The van der Waals surface area contributed by atoms with Gasteiger partial charge in [-0.3, -0.25) is 9.59 Å². The third-order valence-corrected chi connectivity index (χ3v) is 2.12. The van der Waals surface area contributed by atoms with Gasteiger partial charge in [0.2, 0.25) is 0 Å². The number of nitrogens with one attached hydrogen (secondary N) is 1. The summed E-state index contributed by atoms with van der Waals surface area (Å²) in [6.45, 7) is 0.840. The largest absolute Gasteiger partial charge is 0.481 e. The molecule has 68 valence electrons. The molecule has 0 spiro atoms. The van der Waals surface area contributed by atoms with Gasteiger partial charge in [0.25, 0.3) is 0 Å². The first kappa shape index (κ1) is 8.99. The van der Waals surface area contributed by atoms with E-state index in [0.717, 1.165) is 0 Å². The van der Waals surface area contributed by atoms with Gasteiger partial charge in [0.15, 0.2) is 0 Å². The van der Waals surface area contributed by atoms with Gasteiger partial charge in [-0.15, -0.1) is 0 Å². The molecule has 0 aromatic rings. The Morgan fingerprint density at radius 2 is 1.75 bits per heavy atom. The standard InChI is InChI=1S/C7H11NO4/c9-6(10)4-1-2-8-3-5(4)7(11)12/h4-5,8H,1-3H2,(H,9,10)(H,11,12). The summed E-state index contributed by atoms with van der Waals surface area (Å²) >= 11 is 0. The highest BCUT2D eigenvalue weighted by Gasteiger charge is 2.35. The molecule has 0 radical (unpaired) electrons. The van der Waals surface area contributed by atoms with Crippen LogP contribution in [-0.2, 0) is 9.59 Å². The number of piperidine rings is 1. The van der Waals surface area contributed by atoms with E-state index in [1.54, 1.807) is 0 Å². The average Bonchev–Trinajstić information content (AvgIpc) is 2.04. The topological polar surface area (TPSA) is 86.6 Å². The zero-order chi connectivity index (χ0) is 9.14. The van der Waals surface area contributed by atoms with Crippen molar-refractivity contribution in [2.45, 2.75) is 6.42 Å². The van der Waals surface area contributed by atoms with Crippen molar-refractivity contribution in [3.05, 3.63) is 0 Å². The molecular weight excluding hydrogens is 162 g/mol. The van der Waals surface area contributed by atoms with Crippen molar-refractivity contribution in [1.29, 1.82) is 0 Å². The second kappa shape index (κ2) is 3.53. The van der Waals surface area contributed by atoms with E-state index in [9.17, 15) is 9.59 Å². The predicted molar refractivity (Wildman–Crippen MR) is 39.7 cm³/mol. The summed E-state index contributed by atoms with van der Waals surface area (Å²) < 4.78 is 0. The van der Waals surface area contributed by atoms with Gasteiger partial charge < -0.3 is 15.5 Å². The Morgan fingerprint density at radius 3 is 2.17 bits per heavy atom. The lowest BCUT2D eigenvalue weighted by atomic mass is 9.87. The minimum Gasteiger partial charge on any atom is -0.481 e. The van der Waals surface area contributed by atoms with Crippen molar-refractivity contribution < 1.29 is 19.8 Å². The molecule has 12 heavy (non-hydrogen) atoms. The summed E-state index contributed by atoms with van der Waals surface area (Å²) in [4.78, 5) is 21.1. The van der Waals surface area contributed by atoms with Crippen LogP contribution in [0.15, 0.2) is 0 Å². The van der Waals surface area contributed by atoms with Crippen LogP contribution in [0.5, 0.6) is 0 Å². The molecule has 1 heterocycles. The predicted octanol–water partition coefficient (Wildman–Crippen LogP) is -0.619. The van der Waals surface area contributed by atoms with E-state index in [-0.39, 0.29) is 6.54 Å². The quantitative estimate of drug-likeness (QED) is 0.518. The highest BCUT2D eigenvalue weighted by atomic mass is 16.4. The number of hydrogen-bond donors (Lipinski definition) is 3. The minimum atomic E-state index is -1.03. The maximum atomic E-state index is 10.6. The van der Waals surface area contributed by atoms with Gasteiger partial charge in [-0.25, -0.2) is 0 Å². The van der Waals surface area contributed by atoms with Gasteiger partial charge in [0.05, 0.1) is 11.8 Å². The van der Waals surface area contributed by atoms with E-state index < -0.39 is 23.8 Å². The van der Waals surface area contributed by atoms with Gasteiger partial charge >= 0.3 is 11.9 Å². The molecule has 5 heteroatoms. The zero-order valence-corrected chi connectivity index (χ0v) is 6.49. The Labute approximate surface area is 69.4 Å². The summed E-state index contributed by atoms with van der Waals surface area (Å²) in [6, 6.07) is 0. The molecule has 0 aromatic carbocycles. The lowest BCUT2D eigenvalue weighted by Gasteiger charge is -2.25. The van der Waals surface area contributed by atoms with Crippen molar-refractivity contribution in [1.82, 2.24) is 5.32 Å². The normalized spacial score (nSPS) is 29.7. The number of carboxylic acids is 2. The van der Waals surface area contributed by atoms with Gasteiger partial charge in [-0.05, 0) is 13.0 Å². The van der Waals surface area contributed by atoms with Crippen molar-refractivity contribution >= 4 is 11.9 Å². The van der Waals surface area contributed by atoms with Crippen LogP contribution in [0.1, 0.15) is 6.42 Å². The van der Waals surface area contributed by atoms with E-state index in [0.29, 0.717) is 13.0 Å². The van der Waals surface area contributed by atoms with Crippen LogP contribution in [0.4, 0.5) is 0 Å². The van der Waals surface area contributed by atoms with Crippen molar-refractivity contribution in [3.8, 4) is 0 Å². The maximum Gasteiger partial charge on any atom is 0.308 e. The van der Waals surface area contributed by atoms with Crippen LogP contribution in [0.3, 0.4) is 0 Å². The molecule has 0 aromatic heterocycles. The maximum absolute atomic E-state index is 10.6. The van der Waals surface area contributed by atoms with Crippen LogP contribution in [0, 0.1) is 11.8 Å². The molecule has 0 saturated carbocycles. The monoisotopic (exact) mass is 173 g/mol. The summed E-state index contributed by atoms with van der Waals surface area (Å²) in [5.74, 6) is -3.56. The van der Waals surface area contributed by atoms with E-state index in [2.05, 4.69) is 5.32 Å². The van der Waals surface area contributed by atoms with Gasteiger partial charge in [0.1, 0.15) is 0 Å². The summed E-state index contributed by atoms with van der Waals surface area (Å²) in [6.07, 6.45) is 0.395. The number of rotatable bonds is 2. The third kappa shape index (κ3) is 1.73. The van der Waals surface area contributed by atoms with Crippen LogP contribution in [-0.4, -0.2) is 35.2 Å². The molecule has 1 fully saturated rings. The highest BCUT2D eigenvalue weighted by molar-refractivity contribution is 5.80. The highest BCUT2D eigenvalue weighted by Crippen LogP contribution is 2.19. The molecule has 2 atom stereocenters. The Balaban J connectivity index is 2.67. The number of carbonyl (C=O) groups is 2. The van der Waals surface area contributed by atoms with Gasteiger partial charge in [0, 0.05) is 6.54 Å². The minimum absolute atomic E-state index is 0.256. The molecule has 0 aliphatic carbocycles. The van der Waals surface area contributed by atoms with E-state index in [1.165, 1.54) is 0 Å². The Kier molecular flexibility index (Phi) is 2.65. The Bertz CT molecular complexity index is 182. The first-order valence-electron chi connectivity index (χ1n) is 3.79. The Hall–Kier alpha value is -1.10. The second-order valence-electron chi connectivity index (χ2n) is 2.88. The van der Waals surface area contributed by atoms with E-state index in [1.807, 2.05) is 0 Å². The van der Waals surface area contributed by atoms with E-state index in [4.69, 9.17) is 10.2 Å². The second-order valence-corrected chi connectivity index (χ2v) is 2.88. The first-order chi connectivity index (χ1) is 5.63. The fourth-order valence-corrected chi connectivity index (χ4v) is 1.41. The van der Waals surface area contributed by atoms with Crippen LogP contribution in [0.25, 0.3) is 0 Å². The fraction of sp³-hybridized carbons (Fsp3) is 0.714. The molecule has 1 aliphatic heterocycles. The average molecular weight is 173 g/mol. The molecule has 3 N–H and O–H groups in total. The SMILES string of the molecule is O=C(O)C1CCNCC1C(=O)O. The van der Waals surface area contributed by atoms with Gasteiger partial charge in [-0.1, -0.05) is 0 Å². The number of carboxylic acid groups (broad SMARTS) is 2. The lowest BCUT2D eigenvalue weighted by molar-refractivity contribution is -0.154. The first-order valence-corrected chi connectivity index (χ1v) is 3.79. The third-order valence-electron chi connectivity index (χ3n) is 2.12. The molecular formula is C7H11NO4. The molecule has 0 bridgehead atoms. The van der Waals surface area contributed by atoms with Crippen LogP contribution in [0.2, 0.25) is 0 Å². The molecule has 1 rings (SSSR count). The molecule has 0 amide bonds. The molecule has 2 unspecified atom stereocenters. The molecule has 1 aliphatic rings. The van der Waals surface area contributed by atoms with Crippen molar-refractivity contribution in [2.24, 2.45) is 11.8 Å². The van der Waals surface area contributed by atoms with Crippen LogP contribution >= 0.6 is 0 Å². The van der Waals surface area contributed by atoms with Gasteiger partial charge in [-0.2, -0.15) is 0 Å². The summed E-state index contributed by atoms with van der Waals surface area (Å²) in [7, 11) is 0. The summed E-state index contributed by atoms with van der Waals surface area (Å²) in [5, 5.41) is 20.2. The molecule has 5 nitrogen and oxygen atoms in total. The van der Waals surface area contributed by atoms with Crippen LogP contribution < -0.4 is 5.32 Å². The fourth-order valence-electron chi connectivity index (χ4n) is 1.41. The molecule has 1 saturated heterocycles. The van der Waals surface area contributed by atoms with Crippen molar-refractivity contribution in [2.75, 3.05) is 13.1 Å². The van der Waals surface area contributed by atoms with Crippen molar-refractivity contribution in [3.63, 3.8) is 0 Å². The van der Waals surface area contributed by atoms with E-state index >= 15 is 0 Å². The Morgan fingerprint density at radius 1 is 1.17 bits per heavy atom. The smallest absolute Gasteiger partial charge is 0.308 e. The zero-order valence-electron chi connectivity index (χ0n) is 6.49.